The Bertz CT molecular complexity index is 465. The van der Waals surface area contributed by atoms with Crippen LogP contribution in [0.15, 0.2) is 17.6 Å². The van der Waals surface area contributed by atoms with Crippen LogP contribution in [-0.2, 0) is 10.0 Å². The fourth-order valence-corrected chi connectivity index (χ4v) is 3.65. The molecule has 1 aromatic heterocycles. The lowest BCUT2D eigenvalue weighted by atomic mass is 9.75. The molecule has 2 N–H and O–H groups in total. The van der Waals surface area contributed by atoms with E-state index in [1.165, 1.54) is 12.5 Å². The molecule has 1 atom stereocenters. The van der Waals surface area contributed by atoms with Crippen molar-refractivity contribution in [1.82, 2.24) is 14.7 Å². The molecule has 0 amide bonds. The molecule has 0 spiro atoms. The average molecular weight is 257 g/mol. The van der Waals surface area contributed by atoms with E-state index < -0.39 is 10.0 Å². The number of sulfonamides is 1. The second-order valence-corrected chi connectivity index (χ2v) is 7.18. The summed E-state index contributed by atoms with van der Waals surface area (Å²) in [6, 6.07) is 0.0343. The fourth-order valence-electron chi connectivity index (χ4n) is 2.47. The van der Waals surface area contributed by atoms with Gasteiger partial charge in [-0.3, -0.25) is 0 Å². The van der Waals surface area contributed by atoms with Crippen molar-refractivity contribution >= 4 is 10.0 Å². The number of aromatic amines is 1. The van der Waals surface area contributed by atoms with E-state index in [9.17, 15) is 8.42 Å². The molecular weight excluding hydrogens is 238 g/mol. The minimum atomic E-state index is -3.43. The van der Waals surface area contributed by atoms with Gasteiger partial charge in [-0.2, -0.15) is 0 Å². The normalized spacial score (nSPS) is 24.7. The lowest BCUT2D eigenvalue weighted by molar-refractivity contribution is 0.212. The van der Waals surface area contributed by atoms with E-state index in [0.29, 0.717) is 0 Å². The van der Waals surface area contributed by atoms with Crippen LogP contribution in [0.4, 0.5) is 0 Å². The predicted octanol–water partition coefficient (Wildman–Crippen LogP) is 1.66. The van der Waals surface area contributed by atoms with E-state index in [1.807, 2.05) is 0 Å². The van der Waals surface area contributed by atoms with Crippen molar-refractivity contribution in [3.8, 4) is 0 Å². The summed E-state index contributed by atoms with van der Waals surface area (Å²) in [6.45, 7) is 4.37. The van der Waals surface area contributed by atoms with E-state index in [1.54, 1.807) is 0 Å². The number of hydrogen-bond acceptors (Lipinski definition) is 3. The maximum atomic E-state index is 12.0. The van der Waals surface area contributed by atoms with Gasteiger partial charge in [0.05, 0.1) is 12.5 Å². The predicted molar refractivity (Wildman–Crippen MR) is 64.9 cm³/mol. The maximum absolute atomic E-state index is 12.0. The Morgan fingerprint density at radius 1 is 1.53 bits per heavy atom. The molecular formula is C11H19N3O2S. The molecule has 0 bridgehead atoms. The smallest absolute Gasteiger partial charge is 0.257 e. The van der Waals surface area contributed by atoms with Gasteiger partial charge in [0.15, 0.2) is 5.03 Å². The van der Waals surface area contributed by atoms with Crippen LogP contribution in [0.2, 0.25) is 0 Å². The van der Waals surface area contributed by atoms with Gasteiger partial charge in [-0.15, -0.1) is 0 Å². The minimum absolute atomic E-state index is 0.0343. The summed E-state index contributed by atoms with van der Waals surface area (Å²) in [6.07, 6.45) is 6.74. The van der Waals surface area contributed by atoms with Crippen LogP contribution in [0.25, 0.3) is 0 Å². The van der Waals surface area contributed by atoms with Crippen LogP contribution in [-0.4, -0.2) is 24.4 Å². The highest BCUT2D eigenvalue weighted by molar-refractivity contribution is 7.89. The number of nitrogens with one attached hydrogen (secondary N) is 2. The number of nitrogens with zero attached hydrogens (tertiary/aromatic N) is 1. The van der Waals surface area contributed by atoms with Crippen molar-refractivity contribution in [2.75, 3.05) is 0 Å². The van der Waals surface area contributed by atoms with Gasteiger partial charge >= 0.3 is 0 Å². The highest BCUT2D eigenvalue weighted by Gasteiger charge is 2.31. The Balaban J connectivity index is 2.06. The molecule has 1 aliphatic rings. The van der Waals surface area contributed by atoms with Crippen LogP contribution in [0.5, 0.6) is 0 Å². The third-order valence-corrected chi connectivity index (χ3v) is 4.74. The molecule has 0 saturated heterocycles. The first-order valence-electron chi connectivity index (χ1n) is 5.90. The highest BCUT2D eigenvalue weighted by atomic mass is 32.2. The maximum Gasteiger partial charge on any atom is 0.257 e. The number of hydrogen-bond donors (Lipinski definition) is 2. The van der Waals surface area contributed by atoms with Gasteiger partial charge in [0.25, 0.3) is 10.0 Å². The molecule has 0 aliphatic heterocycles. The average Bonchev–Trinajstić information content (AvgIpc) is 2.67. The lowest BCUT2D eigenvalue weighted by Gasteiger charge is -2.35. The second-order valence-electron chi connectivity index (χ2n) is 5.49. The quantitative estimate of drug-likeness (QED) is 0.864. The van der Waals surface area contributed by atoms with Crippen molar-refractivity contribution in [3.05, 3.63) is 12.5 Å². The molecule has 1 aromatic rings. The molecule has 5 nitrogen and oxygen atoms in total. The molecule has 17 heavy (non-hydrogen) atoms. The zero-order chi connectivity index (χ0) is 12.5. The summed E-state index contributed by atoms with van der Waals surface area (Å²) < 4.78 is 26.7. The fraction of sp³-hybridized carbons (Fsp3) is 0.727. The first-order valence-corrected chi connectivity index (χ1v) is 7.38. The Hall–Kier alpha value is -0.880. The monoisotopic (exact) mass is 257 g/mol. The third-order valence-electron chi connectivity index (χ3n) is 3.29. The third kappa shape index (κ3) is 3.07. The van der Waals surface area contributed by atoms with Crippen LogP contribution >= 0.6 is 0 Å². The molecule has 1 fully saturated rings. The lowest BCUT2D eigenvalue weighted by Crippen LogP contribution is -2.40. The summed E-state index contributed by atoms with van der Waals surface area (Å²) in [5.41, 5.74) is 0.222. The van der Waals surface area contributed by atoms with Gasteiger partial charge in [0.1, 0.15) is 0 Å². The molecule has 1 heterocycles. The number of aromatic nitrogens is 2. The number of rotatable bonds is 3. The van der Waals surface area contributed by atoms with E-state index in [2.05, 4.69) is 28.5 Å². The van der Waals surface area contributed by atoms with Gasteiger partial charge < -0.3 is 4.98 Å². The molecule has 0 radical (unpaired) electrons. The second kappa shape index (κ2) is 4.42. The van der Waals surface area contributed by atoms with Crippen molar-refractivity contribution in [3.63, 3.8) is 0 Å². The van der Waals surface area contributed by atoms with Crippen LogP contribution in [0, 0.1) is 5.41 Å². The Morgan fingerprint density at radius 3 is 2.88 bits per heavy atom. The van der Waals surface area contributed by atoms with Crippen molar-refractivity contribution in [2.45, 2.75) is 50.6 Å². The van der Waals surface area contributed by atoms with E-state index in [-0.39, 0.29) is 16.5 Å². The zero-order valence-electron chi connectivity index (χ0n) is 10.2. The minimum Gasteiger partial charge on any atom is -0.335 e. The molecule has 0 aromatic carbocycles. The molecule has 1 saturated carbocycles. The van der Waals surface area contributed by atoms with Gasteiger partial charge in [-0.05, 0) is 24.7 Å². The summed E-state index contributed by atoms with van der Waals surface area (Å²) in [7, 11) is -3.43. The van der Waals surface area contributed by atoms with Crippen molar-refractivity contribution in [2.24, 2.45) is 5.41 Å². The van der Waals surface area contributed by atoms with E-state index >= 15 is 0 Å². The summed E-state index contributed by atoms with van der Waals surface area (Å²) in [5.74, 6) is 0. The van der Waals surface area contributed by atoms with Gasteiger partial charge in [0.2, 0.25) is 0 Å². The Labute approximate surface area is 102 Å². The SMILES string of the molecule is CC1(C)CCCC(NS(=O)(=O)c2cnc[nH]2)C1. The first kappa shape index (κ1) is 12.6. The van der Waals surface area contributed by atoms with Crippen LogP contribution < -0.4 is 4.72 Å². The number of H-pyrrole nitrogens is 1. The zero-order valence-corrected chi connectivity index (χ0v) is 11.0. The van der Waals surface area contributed by atoms with Gasteiger partial charge in [-0.25, -0.2) is 18.1 Å². The standard InChI is InChI=1S/C11H19N3O2S/c1-11(2)5-3-4-9(6-11)14-17(15,16)10-7-12-8-13-10/h7-9,14H,3-6H2,1-2H3,(H,12,13). The summed E-state index contributed by atoms with van der Waals surface area (Å²) >= 11 is 0. The molecule has 6 heteroatoms. The summed E-state index contributed by atoms with van der Waals surface area (Å²) in [5, 5.41) is 0.140. The van der Waals surface area contributed by atoms with Gasteiger partial charge in [0, 0.05) is 6.04 Å². The summed E-state index contributed by atoms with van der Waals surface area (Å²) in [4.78, 5) is 6.36. The molecule has 1 aliphatic carbocycles. The van der Waals surface area contributed by atoms with Crippen LogP contribution in [0.3, 0.4) is 0 Å². The van der Waals surface area contributed by atoms with Crippen molar-refractivity contribution in [1.29, 1.82) is 0 Å². The molecule has 2 rings (SSSR count). The van der Waals surface area contributed by atoms with Gasteiger partial charge in [-0.1, -0.05) is 20.3 Å². The highest BCUT2D eigenvalue weighted by Crippen LogP contribution is 2.35. The first-order chi connectivity index (χ1) is 7.89. The Morgan fingerprint density at radius 2 is 2.29 bits per heavy atom. The van der Waals surface area contributed by atoms with E-state index in [0.717, 1.165) is 25.7 Å². The molecule has 96 valence electrons. The van der Waals surface area contributed by atoms with Crippen LogP contribution in [0.1, 0.15) is 39.5 Å². The Kier molecular flexibility index (Phi) is 3.27. The topological polar surface area (TPSA) is 74.8 Å². The van der Waals surface area contributed by atoms with Crippen molar-refractivity contribution < 1.29 is 8.42 Å². The molecule has 1 unspecified atom stereocenters. The number of imidazole rings is 1. The van der Waals surface area contributed by atoms with E-state index in [4.69, 9.17) is 0 Å². The largest absolute Gasteiger partial charge is 0.335 e.